The van der Waals surface area contributed by atoms with Crippen LogP contribution in [-0.2, 0) is 11.3 Å². The average molecular weight is 421 g/mol. The largest absolute Gasteiger partial charge is 0.389 e. The van der Waals surface area contributed by atoms with Gasteiger partial charge < -0.3 is 9.84 Å². The molecule has 1 saturated heterocycles. The van der Waals surface area contributed by atoms with Crippen molar-refractivity contribution in [2.45, 2.75) is 58.8 Å². The first-order valence-corrected chi connectivity index (χ1v) is 11.6. The lowest BCUT2D eigenvalue weighted by Crippen LogP contribution is -2.49. The number of benzene rings is 1. The zero-order chi connectivity index (χ0) is 20.6. The fraction of sp³-hybridized carbons (Fsp3) is 0.750. The van der Waals surface area contributed by atoms with Crippen LogP contribution in [0, 0.1) is 16.7 Å². The first-order valence-electron chi connectivity index (χ1n) is 11.3. The van der Waals surface area contributed by atoms with Crippen molar-refractivity contribution >= 4 is 11.6 Å². The van der Waals surface area contributed by atoms with E-state index in [0.717, 1.165) is 43.7 Å². The molecule has 0 spiro atoms. The van der Waals surface area contributed by atoms with E-state index in [2.05, 4.69) is 42.7 Å². The van der Waals surface area contributed by atoms with Crippen LogP contribution in [0.5, 0.6) is 0 Å². The zero-order valence-electron chi connectivity index (χ0n) is 18.2. The summed E-state index contributed by atoms with van der Waals surface area (Å²) in [5.74, 6) is 0.781. The van der Waals surface area contributed by atoms with Crippen LogP contribution in [0.1, 0.15) is 45.6 Å². The molecule has 29 heavy (non-hydrogen) atoms. The molecule has 1 aromatic carbocycles. The van der Waals surface area contributed by atoms with E-state index in [9.17, 15) is 5.11 Å². The molecular formula is C24H37ClN2O2. The molecule has 1 aromatic rings. The normalized spacial score (nSPS) is 33.3. The van der Waals surface area contributed by atoms with Crippen molar-refractivity contribution in [3.8, 4) is 0 Å². The molecule has 1 N–H and O–H groups in total. The summed E-state index contributed by atoms with van der Waals surface area (Å²) in [6.45, 7) is 13.4. The molecular weight excluding hydrogens is 384 g/mol. The number of fused-ring (bicyclic) bond motifs is 2. The maximum Gasteiger partial charge on any atom is 0.0900 e. The molecule has 0 unspecified atom stereocenters. The number of rotatable bonds is 7. The molecule has 0 radical (unpaired) electrons. The highest BCUT2D eigenvalue weighted by atomic mass is 35.5. The topological polar surface area (TPSA) is 35.9 Å². The van der Waals surface area contributed by atoms with Gasteiger partial charge in [-0.2, -0.15) is 0 Å². The minimum absolute atomic E-state index is 0.269. The van der Waals surface area contributed by atoms with Gasteiger partial charge in [-0.25, -0.2) is 0 Å². The predicted octanol–water partition coefficient (Wildman–Crippen LogP) is 4.05. The van der Waals surface area contributed by atoms with Gasteiger partial charge in [0, 0.05) is 44.3 Å². The lowest BCUT2D eigenvalue weighted by atomic mass is 9.70. The van der Waals surface area contributed by atoms with Gasteiger partial charge in [-0.15, -0.1) is 0 Å². The van der Waals surface area contributed by atoms with Gasteiger partial charge in [0.25, 0.3) is 0 Å². The van der Waals surface area contributed by atoms with E-state index in [-0.39, 0.29) is 5.41 Å². The Bertz CT molecular complexity index is 687. The van der Waals surface area contributed by atoms with Gasteiger partial charge in [-0.05, 0) is 53.7 Å². The number of hydrogen-bond donors (Lipinski definition) is 1. The second-order valence-corrected chi connectivity index (χ2v) is 10.7. The SMILES string of the molecule is CC1(C)[C@H]2CC[C@@]1(C)[C@@H](OC[C@H](O)CN1CCN(Cc3ccc(Cl)cc3)CC1)C2. The number of aliphatic hydroxyl groups excluding tert-OH is 1. The first-order chi connectivity index (χ1) is 13.8. The second kappa shape index (κ2) is 8.47. The van der Waals surface area contributed by atoms with E-state index in [1.807, 2.05) is 12.1 Å². The van der Waals surface area contributed by atoms with Crippen LogP contribution in [0.25, 0.3) is 0 Å². The molecule has 4 atom stereocenters. The van der Waals surface area contributed by atoms with Crippen LogP contribution < -0.4 is 0 Å². The van der Waals surface area contributed by atoms with Crippen molar-refractivity contribution < 1.29 is 9.84 Å². The molecule has 1 heterocycles. The molecule has 5 heteroatoms. The van der Waals surface area contributed by atoms with Crippen molar-refractivity contribution in [3.63, 3.8) is 0 Å². The molecule has 2 bridgehead atoms. The van der Waals surface area contributed by atoms with E-state index in [1.165, 1.54) is 24.8 Å². The first kappa shape index (κ1) is 21.6. The fourth-order valence-corrected chi connectivity index (χ4v) is 6.06. The zero-order valence-corrected chi connectivity index (χ0v) is 19.0. The third kappa shape index (κ3) is 4.38. The van der Waals surface area contributed by atoms with Gasteiger partial charge in [0.1, 0.15) is 0 Å². The highest BCUT2D eigenvalue weighted by Gasteiger charge is 2.61. The molecule has 0 amide bonds. The monoisotopic (exact) mass is 420 g/mol. The van der Waals surface area contributed by atoms with Crippen molar-refractivity contribution in [3.05, 3.63) is 34.9 Å². The Balaban J connectivity index is 1.18. The minimum Gasteiger partial charge on any atom is -0.389 e. The number of aliphatic hydroxyl groups is 1. The Morgan fingerprint density at radius 2 is 1.76 bits per heavy atom. The molecule has 3 fully saturated rings. The fourth-order valence-electron chi connectivity index (χ4n) is 5.94. The molecule has 2 aliphatic carbocycles. The van der Waals surface area contributed by atoms with Crippen LogP contribution in [0.2, 0.25) is 5.02 Å². The minimum atomic E-state index is -0.399. The number of β-amino-alcohol motifs (C(OH)–C–C–N with tert-alkyl or cyclic N) is 1. The third-order valence-electron chi connectivity index (χ3n) is 8.46. The molecule has 2 saturated carbocycles. The molecule has 4 nitrogen and oxygen atoms in total. The molecule has 1 aliphatic heterocycles. The van der Waals surface area contributed by atoms with Crippen molar-refractivity contribution in [2.75, 3.05) is 39.3 Å². The maximum absolute atomic E-state index is 10.6. The summed E-state index contributed by atoms with van der Waals surface area (Å²) in [4.78, 5) is 4.85. The van der Waals surface area contributed by atoms with Crippen LogP contribution in [0.3, 0.4) is 0 Å². The van der Waals surface area contributed by atoms with E-state index in [0.29, 0.717) is 24.7 Å². The number of piperazine rings is 1. The maximum atomic E-state index is 10.6. The Morgan fingerprint density at radius 3 is 2.34 bits per heavy atom. The number of nitrogens with zero attached hydrogens (tertiary/aromatic N) is 2. The standard InChI is InChI=1S/C24H37ClN2O2/c1-23(2)19-8-9-24(23,3)22(14-19)29-17-21(28)16-27-12-10-26(11-13-27)15-18-4-6-20(25)7-5-18/h4-7,19,21-22,28H,8-17H2,1-3H3/t19-,21+,22-,24-/m0/s1. The number of ether oxygens (including phenoxy) is 1. The van der Waals surface area contributed by atoms with Crippen LogP contribution in [-0.4, -0.2) is 66.4 Å². The van der Waals surface area contributed by atoms with Crippen molar-refractivity contribution in [1.82, 2.24) is 9.80 Å². The van der Waals surface area contributed by atoms with E-state index in [1.54, 1.807) is 0 Å². The Morgan fingerprint density at radius 1 is 1.10 bits per heavy atom. The highest BCUT2D eigenvalue weighted by molar-refractivity contribution is 6.30. The van der Waals surface area contributed by atoms with E-state index in [4.69, 9.17) is 16.3 Å². The van der Waals surface area contributed by atoms with Crippen LogP contribution in [0.15, 0.2) is 24.3 Å². The summed E-state index contributed by atoms with van der Waals surface area (Å²) in [7, 11) is 0. The Hall–Kier alpha value is -0.650. The van der Waals surface area contributed by atoms with Gasteiger partial charge in [0.15, 0.2) is 0 Å². The third-order valence-corrected chi connectivity index (χ3v) is 8.71. The van der Waals surface area contributed by atoms with Crippen molar-refractivity contribution in [1.29, 1.82) is 0 Å². The molecule has 0 aromatic heterocycles. The summed E-state index contributed by atoms with van der Waals surface area (Å²) < 4.78 is 6.29. The Labute approximate surface area is 181 Å². The average Bonchev–Trinajstić information content (AvgIpc) is 3.03. The van der Waals surface area contributed by atoms with Gasteiger partial charge in [0.05, 0.1) is 18.8 Å². The molecule has 4 rings (SSSR count). The van der Waals surface area contributed by atoms with Crippen LogP contribution in [0.4, 0.5) is 0 Å². The van der Waals surface area contributed by atoms with Gasteiger partial charge >= 0.3 is 0 Å². The molecule has 162 valence electrons. The van der Waals surface area contributed by atoms with Crippen molar-refractivity contribution in [2.24, 2.45) is 16.7 Å². The summed E-state index contributed by atoms with van der Waals surface area (Å²) in [5, 5.41) is 11.4. The van der Waals surface area contributed by atoms with Crippen LogP contribution >= 0.6 is 11.6 Å². The van der Waals surface area contributed by atoms with E-state index >= 15 is 0 Å². The van der Waals surface area contributed by atoms with Gasteiger partial charge in [0.2, 0.25) is 0 Å². The number of hydrogen-bond acceptors (Lipinski definition) is 4. The van der Waals surface area contributed by atoms with Gasteiger partial charge in [-0.1, -0.05) is 44.5 Å². The molecule has 3 aliphatic rings. The predicted molar refractivity (Wildman–Crippen MR) is 118 cm³/mol. The summed E-state index contributed by atoms with van der Waals surface area (Å²) in [5.41, 5.74) is 1.94. The summed E-state index contributed by atoms with van der Waals surface area (Å²) in [6.07, 6.45) is 3.68. The summed E-state index contributed by atoms with van der Waals surface area (Å²) in [6, 6.07) is 8.13. The quantitative estimate of drug-likeness (QED) is 0.721. The number of halogens is 1. The summed E-state index contributed by atoms with van der Waals surface area (Å²) >= 11 is 5.97. The Kier molecular flexibility index (Phi) is 6.30. The smallest absolute Gasteiger partial charge is 0.0900 e. The lowest BCUT2D eigenvalue weighted by Gasteiger charge is -2.39. The lowest BCUT2D eigenvalue weighted by molar-refractivity contribution is -0.0807. The second-order valence-electron chi connectivity index (χ2n) is 10.3. The highest BCUT2D eigenvalue weighted by Crippen LogP contribution is 2.66. The van der Waals surface area contributed by atoms with E-state index < -0.39 is 6.10 Å². The van der Waals surface area contributed by atoms with Gasteiger partial charge in [-0.3, -0.25) is 9.80 Å².